The highest BCUT2D eigenvalue weighted by Gasteiger charge is 2.70. The summed E-state index contributed by atoms with van der Waals surface area (Å²) in [5.74, 6) is -3.80. The van der Waals surface area contributed by atoms with Crippen LogP contribution in [0.2, 0.25) is 0 Å². The van der Waals surface area contributed by atoms with Gasteiger partial charge in [0.1, 0.15) is 16.5 Å². The van der Waals surface area contributed by atoms with Gasteiger partial charge in [-0.15, -0.1) is 0 Å². The van der Waals surface area contributed by atoms with Gasteiger partial charge in [0.25, 0.3) is 0 Å². The number of hydrogen-bond donors (Lipinski definition) is 1. The third-order valence-electron chi connectivity index (χ3n) is 4.56. The van der Waals surface area contributed by atoms with Gasteiger partial charge in [-0.25, -0.2) is 0 Å². The fourth-order valence-corrected chi connectivity index (χ4v) is 3.84. The lowest BCUT2D eigenvalue weighted by molar-refractivity contribution is -0.165. The maximum atomic E-state index is 12.0. The zero-order chi connectivity index (χ0) is 14.8. The molecule has 0 spiro atoms. The fourth-order valence-electron chi connectivity index (χ4n) is 3.75. The van der Waals surface area contributed by atoms with Crippen molar-refractivity contribution in [3.63, 3.8) is 0 Å². The van der Waals surface area contributed by atoms with E-state index in [9.17, 15) is 19.5 Å². The number of carboxylic acids is 1. The van der Waals surface area contributed by atoms with Crippen molar-refractivity contribution >= 4 is 33.8 Å². The highest BCUT2D eigenvalue weighted by Crippen LogP contribution is 2.58. The number of fused-ring (bicyclic) bond motifs is 1. The number of aliphatic carboxylic acids is 1. The second-order valence-electron chi connectivity index (χ2n) is 6.20. The van der Waals surface area contributed by atoms with Gasteiger partial charge in [0.05, 0.1) is 11.8 Å². The van der Waals surface area contributed by atoms with Gasteiger partial charge >= 0.3 is 17.9 Å². The van der Waals surface area contributed by atoms with E-state index in [0.29, 0.717) is 6.42 Å². The molecule has 0 amide bonds. The molecule has 2 bridgehead atoms. The second kappa shape index (κ2) is 4.19. The summed E-state index contributed by atoms with van der Waals surface area (Å²) in [6.45, 7) is 3.31. The van der Waals surface area contributed by atoms with Crippen molar-refractivity contribution in [1.82, 2.24) is 0 Å². The molecule has 1 N–H and O–H groups in total. The standard InChI is InChI=1S/C13H15BrO6/c1-13(2,14)12(18)20-9-4-3-5-7(6(4)10(15)16)11(17)19-8(5)9/h4-9H,3H2,1-2H3,(H,15,16). The summed E-state index contributed by atoms with van der Waals surface area (Å²) in [5, 5.41) is 9.33. The quantitative estimate of drug-likeness (QED) is 0.604. The first-order valence-corrected chi connectivity index (χ1v) is 7.34. The SMILES string of the molecule is CC(C)(Br)C(=O)OC1C2CC3C1OC(=O)C3C2C(=O)O. The van der Waals surface area contributed by atoms with E-state index in [1.54, 1.807) is 13.8 Å². The van der Waals surface area contributed by atoms with E-state index >= 15 is 0 Å². The van der Waals surface area contributed by atoms with Crippen LogP contribution in [0.15, 0.2) is 0 Å². The first-order chi connectivity index (χ1) is 9.21. The van der Waals surface area contributed by atoms with Crippen molar-refractivity contribution in [3.05, 3.63) is 0 Å². The van der Waals surface area contributed by atoms with Gasteiger partial charge in [0.15, 0.2) is 0 Å². The predicted molar refractivity (Wildman–Crippen MR) is 69.0 cm³/mol. The molecule has 3 aliphatic rings. The summed E-state index contributed by atoms with van der Waals surface area (Å²) in [5.41, 5.74) is 0. The Morgan fingerprint density at radius 1 is 1.40 bits per heavy atom. The van der Waals surface area contributed by atoms with Gasteiger partial charge in [0, 0.05) is 11.8 Å². The highest BCUT2D eigenvalue weighted by molar-refractivity contribution is 9.10. The molecule has 0 aromatic rings. The average molecular weight is 347 g/mol. The molecule has 20 heavy (non-hydrogen) atoms. The van der Waals surface area contributed by atoms with Gasteiger partial charge in [-0.05, 0) is 20.3 Å². The second-order valence-corrected chi connectivity index (χ2v) is 8.18. The Morgan fingerprint density at radius 2 is 2.05 bits per heavy atom. The predicted octanol–water partition coefficient (Wildman–Crippen LogP) is 0.964. The molecule has 0 aromatic carbocycles. The van der Waals surface area contributed by atoms with E-state index in [2.05, 4.69) is 15.9 Å². The van der Waals surface area contributed by atoms with Crippen molar-refractivity contribution in [2.24, 2.45) is 23.7 Å². The summed E-state index contributed by atoms with van der Waals surface area (Å²) >= 11 is 3.21. The normalized spacial score (nSPS) is 41.6. The van der Waals surface area contributed by atoms with Crippen LogP contribution in [-0.2, 0) is 23.9 Å². The Balaban J connectivity index is 1.86. The molecule has 3 rings (SSSR count). The van der Waals surface area contributed by atoms with Crippen molar-refractivity contribution in [3.8, 4) is 0 Å². The molecule has 7 heteroatoms. The van der Waals surface area contributed by atoms with Crippen LogP contribution in [0.5, 0.6) is 0 Å². The zero-order valence-corrected chi connectivity index (χ0v) is 12.6. The molecule has 1 heterocycles. The van der Waals surface area contributed by atoms with Crippen LogP contribution in [0.1, 0.15) is 20.3 Å². The molecular formula is C13H15BrO6. The molecule has 0 aromatic heterocycles. The molecule has 1 aliphatic heterocycles. The molecule has 2 aliphatic carbocycles. The van der Waals surface area contributed by atoms with Crippen molar-refractivity contribution in [1.29, 1.82) is 0 Å². The lowest BCUT2D eigenvalue weighted by Crippen LogP contribution is -2.45. The van der Waals surface area contributed by atoms with E-state index in [1.807, 2.05) is 0 Å². The Morgan fingerprint density at radius 3 is 2.60 bits per heavy atom. The van der Waals surface area contributed by atoms with Crippen molar-refractivity contribution < 1.29 is 29.0 Å². The summed E-state index contributed by atoms with van der Waals surface area (Å²) in [7, 11) is 0. The molecule has 1 saturated heterocycles. The van der Waals surface area contributed by atoms with E-state index in [0.717, 1.165) is 0 Å². The first-order valence-electron chi connectivity index (χ1n) is 6.55. The molecule has 6 unspecified atom stereocenters. The molecule has 110 valence electrons. The third-order valence-corrected chi connectivity index (χ3v) is 4.88. The van der Waals surface area contributed by atoms with Crippen LogP contribution in [0.4, 0.5) is 0 Å². The molecule has 6 atom stereocenters. The minimum absolute atomic E-state index is 0.134. The largest absolute Gasteiger partial charge is 0.481 e. The minimum atomic E-state index is -1.01. The highest BCUT2D eigenvalue weighted by atomic mass is 79.9. The smallest absolute Gasteiger partial charge is 0.322 e. The summed E-state index contributed by atoms with van der Waals surface area (Å²) in [6, 6.07) is 0. The Kier molecular flexibility index (Phi) is 2.90. The van der Waals surface area contributed by atoms with E-state index in [4.69, 9.17) is 9.47 Å². The summed E-state index contributed by atoms with van der Waals surface area (Å²) in [6.07, 6.45) is -0.557. The van der Waals surface area contributed by atoms with Crippen LogP contribution in [-0.4, -0.2) is 39.5 Å². The molecule has 3 fully saturated rings. The molecule has 2 saturated carbocycles. The van der Waals surface area contributed by atoms with Gasteiger partial charge in [0.2, 0.25) is 0 Å². The Bertz CT molecular complexity index is 496. The number of hydrogen-bond acceptors (Lipinski definition) is 5. The van der Waals surface area contributed by atoms with Crippen LogP contribution in [0.3, 0.4) is 0 Å². The summed E-state index contributed by atoms with van der Waals surface area (Å²) in [4.78, 5) is 35.2. The first kappa shape index (κ1) is 13.9. The van der Waals surface area contributed by atoms with Gasteiger partial charge in [-0.3, -0.25) is 14.4 Å². The maximum Gasteiger partial charge on any atom is 0.322 e. The zero-order valence-electron chi connectivity index (χ0n) is 11.0. The number of ether oxygens (including phenoxy) is 2. The number of esters is 2. The lowest BCUT2D eigenvalue weighted by atomic mass is 9.78. The number of alkyl halides is 1. The number of rotatable bonds is 3. The van der Waals surface area contributed by atoms with Crippen LogP contribution < -0.4 is 0 Å². The molecular weight excluding hydrogens is 332 g/mol. The minimum Gasteiger partial charge on any atom is -0.481 e. The topological polar surface area (TPSA) is 89.9 Å². The number of carbonyl (C=O) groups excluding carboxylic acids is 2. The number of carbonyl (C=O) groups is 3. The van der Waals surface area contributed by atoms with Crippen LogP contribution in [0, 0.1) is 23.7 Å². The Hall–Kier alpha value is -1.11. The Labute approximate surface area is 123 Å². The average Bonchev–Trinajstić information content (AvgIpc) is 2.90. The number of halogens is 1. The van der Waals surface area contributed by atoms with E-state index in [1.165, 1.54) is 0 Å². The van der Waals surface area contributed by atoms with Crippen LogP contribution in [0.25, 0.3) is 0 Å². The molecule has 6 nitrogen and oxygen atoms in total. The number of carboxylic acid groups (broad SMARTS) is 1. The van der Waals surface area contributed by atoms with E-state index in [-0.39, 0.29) is 11.8 Å². The van der Waals surface area contributed by atoms with E-state index < -0.39 is 46.3 Å². The monoisotopic (exact) mass is 346 g/mol. The fraction of sp³-hybridized carbons (Fsp3) is 0.769. The van der Waals surface area contributed by atoms with Gasteiger partial charge in [-0.2, -0.15) is 0 Å². The lowest BCUT2D eigenvalue weighted by Gasteiger charge is -2.30. The third kappa shape index (κ3) is 1.78. The van der Waals surface area contributed by atoms with Gasteiger partial charge < -0.3 is 14.6 Å². The molecule has 0 radical (unpaired) electrons. The van der Waals surface area contributed by atoms with Gasteiger partial charge in [-0.1, -0.05) is 15.9 Å². The van der Waals surface area contributed by atoms with Crippen molar-refractivity contribution in [2.45, 2.75) is 36.8 Å². The maximum absolute atomic E-state index is 12.0. The summed E-state index contributed by atoms with van der Waals surface area (Å²) < 4.78 is 9.84. The van der Waals surface area contributed by atoms with Crippen LogP contribution >= 0.6 is 15.9 Å². The van der Waals surface area contributed by atoms with Crippen molar-refractivity contribution in [2.75, 3.05) is 0 Å².